The van der Waals surface area contributed by atoms with Gasteiger partial charge in [-0.1, -0.05) is 16.8 Å². The van der Waals surface area contributed by atoms with Crippen LogP contribution in [-0.2, 0) is 6.54 Å². The fourth-order valence-electron chi connectivity index (χ4n) is 2.30. The van der Waals surface area contributed by atoms with Crippen molar-refractivity contribution in [2.24, 2.45) is 0 Å². The van der Waals surface area contributed by atoms with Crippen molar-refractivity contribution in [2.45, 2.75) is 20.4 Å². The molecule has 11 heteroatoms. The fourth-order valence-corrected chi connectivity index (χ4v) is 2.43. The van der Waals surface area contributed by atoms with E-state index in [-0.39, 0.29) is 37.2 Å². The summed E-state index contributed by atoms with van der Waals surface area (Å²) < 4.78 is 11.6. The number of nitrogens with one attached hydrogen (secondary N) is 2. The van der Waals surface area contributed by atoms with Crippen molar-refractivity contribution >= 4 is 23.4 Å². The van der Waals surface area contributed by atoms with Crippen LogP contribution in [0.5, 0.6) is 0 Å². The second-order valence-corrected chi connectivity index (χ2v) is 6.03. The highest BCUT2D eigenvalue weighted by atomic mass is 35.5. The van der Waals surface area contributed by atoms with Crippen LogP contribution in [0.3, 0.4) is 0 Å². The number of carbonyl (C=O) groups is 2. The molecule has 0 spiro atoms. The maximum absolute atomic E-state index is 12.0. The minimum absolute atomic E-state index is 0.171. The number of amides is 2. The van der Waals surface area contributed by atoms with Crippen molar-refractivity contribution in [3.8, 4) is 0 Å². The number of aromatic nitrogens is 4. The Morgan fingerprint density at radius 1 is 1.22 bits per heavy atom. The first-order valence-corrected chi connectivity index (χ1v) is 8.45. The van der Waals surface area contributed by atoms with Crippen molar-refractivity contribution in [1.82, 2.24) is 30.6 Å². The van der Waals surface area contributed by atoms with Crippen LogP contribution in [-0.4, -0.2) is 44.8 Å². The number of hydrogen-bond donors (Lipinski definition) is 2. The summed E-state index contributed by atoms with van der Waals surface area (Å²) in [6, 6.07) is 3.16. The Balaban J connectivity index is 1.48. The lowest BCUT2D eigenvalue weighted by atomic mass is 10.4. The Hall–Kier alpha value is -3.14. The molecule has 142 valence electrons. The molecule has 3 aromatic heterocycles. The molecule has 3 rings (SSSR count). The van der Waals surface area contributed by atoms with Crippen molar-refractivity contribution in [1.29, 1.82) is 0 Å². The highest BCUT2D eigenvalue weighted by Crippen LogP contribution is 2.19. The van der Waals surface area contributed by atoms with Crippen molar-refractivity contribution < 1.29 is 18.5 Å². The summed E-state index contributed by atoms with van der Waals surface area (Å²) in [5.41, 5.74) is 1.48. The number of carbonyl (C=O) groups excluding carboxylic acids is 2. The second-order valence-electron chi connectivity index (χ2n) is 5.65. The van der Waals surface area contributed by atoms with E-state index in [1.54, 1.807) is 23.7 Å². The Morgan fingerprint density at radius 2 is 1.96 bits per heavy atom. The van der Waals surface area contributed by atoms with Crippen LogP contribution in [0.1, 0.15) is 38.5 Å². The van der Waals surface area contributed by atoms with Gasteiger partial charge in [0.2, 0.25) is 0 Å². The van der Waals surface area contributed by atoms with Gasteiger partial charge in [0, 0.05) is 13.1 Å². The summed E-state index contributed by atoms with van der Waals surface area (Å²) in [4.78, 5) is 27.7. The molecule has 27 heavy (non-hydrogen) atoms. The van der Waals surface area contributed by atoms with Gasteiger partial charge in [0.05, 0.1) is 22.7 Å². The van der Waals surface area contributed by atoms with Crippen LogP contribution in [0, 0.1) is 13.8 Å². The molecule has 0 saturated carbocycles. The maximum Gasteiger partial charge on any atom is 0.316 e. The molecule has 3 aromatic rings. The lowest BCUT2D eigenvalue weighted by Crippen LogP contribution is -2.34. The van der Waals surface area contributed by atoms with Gasteiger partial charge in [-0.2, -0.15) is 10.1 Å². The van der Waals surface area contributed by atoms with Crippen LogP contribution >= 0.6 is 11.6 Å². The highest BCUT2D eigenvalue weighted by Gasteiger charge is 2.17. The third-order valence-corrected chi connectivity index (χ3v) is 4.23. The third kappa shape index (κ3) is 4.34. The highest BCUT2D eigenvalue weighted by molar-refractivity contribution is 6.31. The first-order chi connectivity index (χ1) is 13.0. The van der Waals surface area contributed by atoms with Crippen LogP contribution < -0.4 is 10.6 Å². The molecular weight excluding hydrogens is 376 g/mol. The van der Waals surface area contributed by atoms with Gasteiger partial charge in [0.25, 0.3) is 5.91 Å². The normalized spacial score (nSPS) is 10.8. The summed E-state index contributed by atoms with van der Waals surface area (Å²) in [5, 5.41) is 13.8. The van der Waals surface area contributed by atoms with E-state index < -0.39 is 5.91 Å². The number of nitrogens with zero attached hydrogens (tertiary/aromatic N) is 4. The fraction of sp³-hybridized carbons (Fsp3) is 0.312. The molecule has 0 fully saturated rings. The van der Waals surface area contributed by atoms with Gasteiger partial charge in [-0.15, -0.1) is 0 Å². The molecule has 0 atom stereocenters. The Bertz CT molecular complexity index is 946. The van der Waals surface area contributed by atoms with E-state index in [1.165, 1.54) is 6.26 Å². The average molecular weight is 393 g/mol. The summed E-state index contributed by atoms with van der Waals surface area (Å²) in [6.07, 6.45) is 1.41. The number of aryl methyl sites for hydroxylation is 1. The van der Waals surface area contributed by atoms with Gasteiger partial charge in [0.15, 0.2) is 11.6 Å². The smallest absolute Gasteiger partial charge is 0.316 e. The maximum atomic E-state index is 12.0. The van der Waals surface area contributed by atoms with Gasteiger partial charge in [0.1, 0.15) is 6.54 Å². The average Bonchev–Trinajstić information content (AvgIpc) is 3.38. The predicted molar refractivity (Wildman–Crippen MR) is 93.5 cm³/mol. The molecule has 3 heterocycles. The molecule has 0 aliphatic rings. The lowest BCUT2D eigenvalue weighted by molar-refractivity contribution is 0.0891. The Kier molecular flexibility index (Phi) is 5.55. The minimum Gasteiger partial charge on any atom is -0.459 e. The molecule has 0 bridgehead atoms. The quantitative estimate of drug-likeness (QED) is 0.580. The van der Waals surface area contributed by atoms with Gasteiger partial charge in [-0.3, -0.25) is 14.3 Å². The molecular formula is C16H17ClN6O4. The van der Waals surface area contributed by atoms with Gasteiger partial charge in [-0.25, -0.2) is 0 Å². The summed E-state index contributed by atoms with van der Waals surface area (Å²) in [7, 11) is 0. The van der Waals surface area contributed by atoms with Gasteiger partial charge < -0.3 is 19.6 Å². The SMILES string of the molecule is Cc1nn(Cc2noc(C(=O)NCCNC(=O)c3ccco3)n2)c(C)c1Cl. The molecule has 0 aliphatic heterocycles. The number of furan rings is 1. The van der Waals surface area contributed by atoms with E-state index in [0.717, 1.165) is 5.69 Å². The zero-order valence-corrected chi connectivity index (χ0v) is 15.4. The molecule has 10 nitrogen and oxygen atoms in total. The Morgan fingerprint density at radius 3 is 2.59 bits per heavy atom. The first kappa shape index (κ1) is 18.6. The molecule has 0 unspecified atom stereocenters. The molecule has 0 radical (unpaired) electrons. The van der Waals surface area contributed by atoms with Crippen molar-refractivity contribution in [2.75, 3.05) is 13.1 Å². The van der Waals surface area contributed by atoms with E-state index in [2.05, 4.69) is 25.9 Å². The third-order valence-electron chi connectivity index (χ3n) is 3.69. The van der Waals surface area contributed by atoms with E-state index in [4.69, 9.17) is 20.5 Å². The monoisotopic (exact) mass is 392 g/mol. The zero-order valence-electron chi connectivity index (χ0n) is 14.7. The summed E-state index contributed by atoms with van der Waals surface area (Å²) in [6.45, 7) is 4.26. The van der Waals surface area contributed by atoms with Gasteiger partial charge >= 0.3 is 11.8 Å². The number of halogens is 1. The van der Waals surface area contributed by atoms with Crippen molar-refractivity contribution in [3.63, 3.8) is 0 Å². The topological polar surface area (TPSA) is 128 Å². The van der Waals surface area contributed by atoms with Crippen LogP contribution in [0.4, 0.5) is 0 Å². The van der Waals surface area contributed by atoms with Crippen LogP contribution in [0.15, 0.2) is 27.3 Å². The van der Waals surface area contributed by atoms with Crippen molar-refractivity contribution in [3.05, 3.63) is 52.3 Å². The van der Waals surface area contributed by atoms with E-state index in [9.17, 15) is 9.59 Å². The van der Waals surface area contributed by atoms with E-state index in [1.807, 2.05) is 6.92 Å². The van der Waals surface area contributed by atoms with Crippen LogP contribution in [0.2, 0.25) is 5.02 Å². The number of hydrogen-bond acceptors (Lipinski definition) is 7. The molecule has 0 saturated heterocycles. The summed E-state index contributed by atoms with van der Waals surface area (Å²) >= 11 is 6.10. The Labute approximate surface area is 158 Å². The molecule has 0 aliphatic carbocycles. The van der Waals surface area contributed by atoms with Crippen LogP contribution in [0.25, 0.3) is 0 Å². The predicted octanol–water partition coefficient (Wildman–Crippen LogP) is 1.34. The molecule has 2 N–H and O–H groups in total. The second kappa shape index (κ2) is 8.04. The van der Waals surface area contributed by atoms with E-state index in [0.29, 0.717) is 16.5 Å². The van der Waals surface area contributed by atoms with Gasteiger partial charge in [-0.05, 0) is 26.0 Å². The zero-order chi connectivity index (χ0) is 19.4. The summed E-state index contributed by atoms with van der Waals surface area (Å²) in [5.74, 6) is -0.569. The lowest BCUT2D eigenvalue weighted by Gasteiger charge is -2.03. The van der Waals surface area contributed by atoms with E-state index >= 15 is 0 Å². The molecule has 0 aromatic carbocycles. The first-order valence-electron chi connectivity index (χ1n) is 8.07. The standard InChI is InChI=1S/C16H17ClN6O4/c1-9-13(17)10(2)23(21-9)8-12-20-16(27-22-12)15(25)19-6-5-18-14(24)11-4-3-7-26-11/h3-4,7H,5-6,8H2,1-2H3,(H,18,24)(H,19,25). The minimum atomic E-state index is -0.535. The largest absolute Gasteiger partial charge is 0.459 e. The number of rotatable bonds is 7. The molecule has 2 amide bonds.